The van der Waals surface area contributed by atoms with E-state index in [1.165, 1.54) is 21.5 Å². The van der Waals surface area contributed by atoms with Gasteiger partial charge in [-0.3, -0.25) is 14.3 Å². The molecule has 0 unspecified atom stereocenters. The van der Waals surface area contributed by atoms with Crippen LogP contribution in [0, 0.1) is 5.92 Å². The molecule has 4 aromatic rings. The molecule has 1 fully saturated rings. The molecule has 8 nitrogen and oxygen atoms in total. The van der Waals surface area contributed by atoms with Gasteiger partial charge in [0, 0.05) is 43.2 Å². The van der Waals surface area contributed by atoms with E-state index in [0.717, 1.165) is 55.3 Å². The van der Waals surface area contributed by atoms with Gasteiger partial charge in [-0.25, -0.2) is 4.79 Å². The van der Waals surface area contributed by atoms with Crippen molar-refractivity contribution in [2.75, 3.05) is 33.4 Å². The Bertz CT molecular complexity index is 1480. The number of pyridine rings is 1. The molecule has 5 heterocycles. The maximum Gasteiger partial charge on any atom is 0.328 e. The lowest BCUT2D eigenvalue weighted by molar-refractivity contribution is 0.209. The SMILES string of the molecule is COc1cccc2c1[C@@H]1CN(CCCCn3c(=O)[nH]c4c(sc5cccnc54)c3=O)C[C@H]1CO2. The number of unbranched alkanes of at least 4 members (excludes halogenated alkanes) is 1. The zero-order valence-corrected chi connectivity index (χ0v) is 19.8. The van der Waals surface area contributed by atoms with Gasteiger partial charge in [0.1, 0.15) is 21.7 Å². The number of nitrogens with one attached hydrogen (secondary N) is 1. The normalized spacial score (nSPS) is 19.8. The average molecular weight is 479 g/mol. The van der Waals surface area contributed by atoms with Gasteiger partial charge >= 0.3 is 5.69 Å². The van der Waals surface area contributed by atoms with E-state index in [4.69, 9.17) is 9.47 Å². The molecule has 6 rings (SSSR count). The van der Waals surface area contributed by atoms with Crippen LogP contribution in [0.1, 0.15) is 24.3 Å². The highest BCUT2D eigenvalue weighted by Crippen LogP contribution is 2.46. The third kappa shape index (κ3) is 3.50. The van der Waals surface area contributed by atoms with Crippen LogP contribution in [0.4, 0.5) is 0 Å². The summed E-state index contributed by atoms with van der Waals surface area (Å²) >= 11 is 1.38. The summed E-state index contributed by atoms with van der Waals surface area (Å²) in [6.07, 6.45) is 3.35. The molecule has 9 heteroatoms. The molecule has 0 amide bonds. The highest BCUT2D eigenvalue weighted by molar-refractivity contribution is 7.25. The maximum absolute atomic E-state index is 13.0. The molecule has 1 saturated heterocycles. The van der Waals surface area contributed by atoms with Gasteiger partial charge in [-0.2, -0.15) is 0 Å². The molecule has 0 saturated carbocycles. The van der Waals surface area contributed by atoms with E-state index in [-0.39, 0.29) is 11.2 Å². The zero-order chi connectivity index (χ0) is 23.2. The standard InChI is InChI=1S/C25H26N4O4S/c1-32-17-6-4-7-18-20(17)16-13-28(12-15(16)14-33-18)10-2-3-11-29-24(30)23-22(27-25(29)31)21-19(34-23)8-5-9-26-21/h4-9,15-16H,2-3,10-14H2,1H3,(H,27,31)/t15-,16+/m0/s1. The Labute approximate surface area is 199 Å². The summed E-state index contributed by atoms with van der Waals surface area (Å²) in [6.45, 7) is 4.04. The van der Waals surface area contributed by atoms with Crippen molar-refractivity contribution in [3.05, 3.63) is 62.9 Å². The number of ether oxygens (including phenoxy) is 2. The molecular formula is C25H26N4O4S. The summed E-state index contributed by atoms with van der Waals surface area (Å²) in [5.41, 5.74) is 1.82. The first kappa shape index (κ1) is 21.4. The smallest absolute Gasteiger partial charge is 0.328 e. The molecule has 2 aliphatic rings. The molecule has 1 aromatic carbocycles. The second-order valence-electron chi connectivity index (χ2n) is 9.06. The van der Waals surface area contributed by atoms with Crippen molar-refractivity contribution < 1.29 is 9.47 Å². The second-order valence-corrected chi connectivity index (χ2v) is 10.1. The molecular weight excluding hydrogens is 452 g/mol. The number of hydrogen-bond donors (Lipinski definition) is 1. The minimum Gasteiger partial charge on any atom is -0.496 e. The number of methoxy groups -OCH3 is 1. The predicted octanol–water partition coefficient (Wildman–Crippen LogP) is 3.20. The van der Waals surface area contributed by atoms with Crippen LogP contribution in [-0.2, 0) is 6.54 Å². The lowest BCUT2D eigenvalue weighted by atomic mass is 9.86. The lowest BCUT2D eigenvalue weighted by Gasteiger charge is -2.29. The van der Waals surface area contributed by atoms with E-state index in [1.54, 1.807) is 13.3 Å². The van der Waals surface area contributed by atoms with Crippen molar-refractivity contribution in [1.29, 1.82) is 0 Å². The summed E-state index contributed by atoms with van der Waals surface area (Å²) < 4.78 is 14.4. The van der Waals surface area contributed by atoms with Crippen LogP contribution in [0.3, 0.4) is 0 Å². The van der Waals surface area contributed by atoms with Crippen LogP contribution in [0.2, 0.25) is 0 Å². The molecule has 0 aliphatic carbocycles. The molecule has 0 radical (unpaired) electrons. The van der Waals surface area contributed by atoms with Crippen LogP contribution in [-0.4, -0.2) is 52.8 Å². The van der Waals surface area contributed by atoms with Crippen LogP contribution in [0.15, 0.2) is 46.1 Å². The van der Waals surface area contributed by atoms with E-state index in [2.05, 4.69) is 14.9 Å². The lowest BCUT2D eigenvalue weighted by Crippen LogP contribution is -2.34. The summed E-state index contributed by atoms with van der Waals surface area (Å²) in [7, 11) is 1.71. The molecule has 2 atom stereocenters. The van der Waals surface area contributed by atoms with Gasteiger partial charge in [-0.1, -0.05) is 6.07 Å². The van der Waals surface area contributed by atoms with Crippen molar-refractivity contribution >= 4 is 31.8 Å². The van der Waals surface area contributed by atoms with Crippen LogP contribution in [0.5, 0.6) is 11.5 Å². The number of hydrogen-bond acceptors (Lipinski definition) is 7. The van der Waals surface area contributed by atoms with Gasteiger partial charge in [0.2, 0.25) is 0 Å². The van der Waals surface area contributed by atoms with E-state index in [1.807, 2.05) is 30.3 Å². The third-order valence-corrected chi connectivity index (χ3v) is 8.19. The van der Waals surface area contributed by atoms with Crippen molar-refractivity contribution in [1.82, 2.24) is 19.4 Å². The first-order valence-electron chi connectivity index (χ1n) is 11.7. The fourth-order valence-corrected chi connectivity index (χ4v) is 6.49. The first-order valence-corrected chi connectivity index (χ1v) is 12.5. The third-order valence-electron chi connectivity index (χ3n) is 7.06. The molecule has 1 N–H and O–H groups in total. The molecule has 3 aromatic heterocycles. The number of H-pyrrole nitrogens is 1. The van der Waals surface area contributed by atoms with Crippen LogP contribution < -0.4 is 20.7 Å². The minimum atomic E-state index is -0.365. The van der Waals surface area contributed by atoms with Gasteiger partial charge in [-0.15, -0.1) is 11.3 Å². The van der Waals surface area contributed by atoms with Crippen molar-refractivity contribution in [3.8, 4) is 11.5 Å². The Balaban J connectivity index is 1.12. The van der Waals surface area contributed by atoms with Crippen LogP contribution in [0.25, 0.3) is 20.4 Å². The number of benzene rings is 1. The number of aromatic nitrogens is 3. The molecule has 34 heavy (non-hydrogen) atoms. The number of fused-ring (bicyclic) bond motifs is 6. The zero-order valence-electron chi connectivity index (χ0n) is 19.0. The van der Waals surface area contributed by atoms with E-state index in [9.17, 15) is 9.59 Å². The highest BCUT2D eigenvalue weighted by Gasteiger charge is 2.40. The summed E-state index contributed by atoms with van der Waals surface area (Å²) in [5, 5.41) is 0. The predicted molar refractivity (Wildman–Crippen MR) is 132 cm³/mol. The van der Waals surface area contributed by atoms with Gasteiger partial charge in [0.25, 0.3) is 5.56 Å². The van der Waals surface area contributed by atoms with E-state index in [0.29, 0.717) is 34.1 Å². The first-order chi connectivity index (χ1) is 16.6. The minimum absolute atomic E-state index is 0.227. The highest BCUT2D eigenvalue weighted by atomic mass is 32.1. The fraction of sp³-hybridized carbons (Fsp3) is 0.400. The van der Waals surface area contributed by atoms with Gasteiger partial charge in [0.15, 0.2) is 0 Å². The van der Waals surface area contributed by atoms with Crippen molar-refractivity contribution in [2.24, 2.45) is 5.92 Å². The Morgan fingerprint density at radius 2 is 2.06 bits per heavy atom. The quantitative estimate of drug-likeness (QED) is 0.428. The largest absolute Gasteiger partial charge is 0.496 e. The number of likely N-dealkylation sites (tertiary alicyclic amines) is 1. The second kappa shape index (κ2) is 8.56. The maximum atomic E-state index is 13.0. The topological polar surface area (TPSA) is 89.5 Å². The Morgan fingerprint density at radius 1 is 1.18 bits per heavy atom. The number of aromatic amines is 1. The molecule has 0 bridgehead atoms. The number of thiophene rings is 1. The van der Waals surface area contributed by atoms with Gasteiger partial charge < -0.3 is 19.4 Å². The fourth-order valence-electron chi connectivity index (χ4n) is 5.42. The Kier molecular flexibility index (Phi) is 5.38. The molecule has 2 aliphatic heterocycles. The number of rotatable bonds is 6. The summed E-state index contributed by atoms with van der Waals surface area (Å²) in [5.74, 6) is 2.71. The van der Waals surface area contributed by atoms with Crippen LogP contribution >= 0.6 is 11.3 Å². The average Bonchev–Trinajstić information content (AvgIpc) is 3.44. The summed E-state index contributed by atoms with van der Waals surface area (Å²) in [4.78, 5) is 35.3. The van der Waals surface area contributed by atoms with Crippen molar-refractivity contribution in [2.45, 2.75) is 25.3 Å². The molecule has 0 spiro atoms. The monoisotopic (exact) mass is 478 g/mol. The van der Waals surface area contributed by atoms with E-state index >= 15 is 0 Å². The number of nitrogens with zero attached hydrogens (tertiary/aromatic N) is 3. The van der Waals surface area contributed by atoms with Gasteiger partial charge in [0.05, 0.1) is 23.9 Å². The summed E-state index contributed by atoms with van der Waals surface area (Å²) in [6, 6.07) is 9.76. The van der Waals surface area contributed by atoms with Crippen molar-refractivity contribution in [3.63, 3.8) is 0 Å². The molecule has 176 valence electrons. The Morgan fingerprint density at radius 3 is 2.94 bits per heavy atom. The van der Waals surface area contributed by atoms with E-state index < -0.39 is 0 Å². The Hall–Kier alpha value is -3.17. The van der Waals surface area contributed by atoms with Gasteiger partial charge in [-0.05, 0) is 43.7 Å².